The van der Waals surface area contributed by atoms with E-state index in [9.17, 15) is 14.0 Å². The molecule has 0 saturated carbocycles. The van der Waals surface area contributed by atoms with Crippen molar-refractivity contribution in [3.05, 3.63) is 58.7 Å². The molecule has 0 aromatic rings. The zero-order valence-electron chi connectivity index (χ0n) is 18.9. The van der Waals surface area contributed by atoms with Gasteiger partial charge in [0.15, 0.2) is 5.78 Å². The van der Waals surface area contributed by atoms with Gasteiger partial charge in [-0.05, 0) is 49.7 Å². The molecule has 1 aliphatic heterocycles. The molecule has 5 heteroatoms. The molecule has 1 heterocycles. The average Bonchev–Trinajstić information content (AvgIpc) is 2.84. The number of Topliss-reactive ketones (excluding diaryl/α,β-unsaturated/α-hetero) is 1. The van der Waals surface area contributed by atoms with Crippen LogP contribution in [0.2, 0.25) is 0 Å². The summed E-state index contributed by atoms with van der Waals surface area (Å²) in [7, 11) is 0. The number of ketones is 1. The molecule has 2 rings (SSSR count). The standard InChI is InChI=1S/C25H34FNO3/c1-7-11-12-16(19(26)8-2)17-13-18-21(14-25(5,6)15-22(18)28)27-20(9-3)23(17)24(29)30-10-4/h8,11-12,17,27H,2,7,9-10,13-15H2,1,3-6H3/b12-11-,19-16-. The van der Waals surface area contributed by atoms with Crippen LogP contribution in [0.25, 0.3) is 0 Å². The highest BCUT2D eigenvalue weighted by Gasteiger charge is 2.39. The molecular weight excluding hydrogens is 381 g/mol. The van der Waals surface area contributed by atoms with Crippen LogP contribution in [0.1, 0.15) is 66.7 Å². The predicted octanol–water partition coefficient (Wildman–Crippen LogP) is 5.84. The first-order valence-electron chi connectivity index (χ1n) is 10.8. The number of allylic oxidation sites excluding steroid dienone is 8. The zero-order chi connectivity index (χ0) is 22.5. The third-order valence-corrected chi connectivity index (χ3v) is 5.59. The van der Waals surface area contributed by atoms with Gasteiger partial charge in [-0.15, -0.1) is 0 Å². The summed E-state index contributed by atoms with van der Waals surface area (Å²) in [6.07, 6.45) is 7.37. The van der Waals surface area contributed by atoms with Gasteiger partial charge in [0.25, 0.3) is 0 Å². The molecule has 2 aliphatic rings. The Morgan fingerprint density at radius 3 is 2.57 bits per heavy atom. The Kier molecular flexibility index (Phi) is 7.99. The van der Waals surface area contributed by atoms with Crippen LogP contribution >= 0.6 is 0 Å². The molecule has 1 unspecified atom stereocenters. The van der Waals surface area contributed by atoms with Crippen LogP contribution in [-0.4, -0.2) is 18.4 Å². The van der Waals surface area contributed by atoms with Crippen LogP contribution in [0.3, 0.4) is 0 Å². The number of ether oxygens (including phenoxy) is 1. The van der Waals surface area contributed by atoms with E-state index in [1.807, 2.05) is 19.9 Å². The van der Waals surface area contributed by atoms with E-state index >= 15 is 0 Å². The van der Waals surface area contributed by atoms with Gasteiger partial charge in [-0.1, -0.05) is 46.4 Å². The number of carbonyl (C=O) groups is 2. The van der Waals surface area contributed by atoms with Crippen molar-refractivity contribution < 1.29 is 18.7 Å². The largest absolute Gasteiger partial charge is 0.463 e. The van der Waals surface area contributed by atoms with Gasteiger partial charge in [-0.2, -0.15) is 0 Å². The van der Waals surface area contributed by atoms with Crippen molar-refractivity contribution >= 4 is 11.8 Å². The van der Waals surface area contributed by atoms with Crippen LogP contribution in [0.4, 0.5) is 4.39 Å². The molecule has 4 nitrogen and oxygen atoms in total. The summed E-state index contributed by atoms with van der Waals surface area (Å²) in [5, 5.41) is 3.38. The van der Waals surface area contributed by atoms with E-state index < -0.39 is 17.7 Å². The smallest absolute Gasteiger partial charge is 0.336 e. The first kappa shape index (κ1) is 23.8. The number of nitrogens with one attached hydrogen (secondary N) is 1. The Hall–Kier alpha value is -2.43. The summed E-state index contributed by atoms with van der Waals surface area (Å²) in [4.78, 5) is 26.1. The van der Waals surface area contributed by atoms with Gasteiger partial charge >= 0.3 is 5.97 Å². The Labute approximate surface area is 179 Å². The van der Waals surface area contributed by atoms with Gasteiger partial charge < -0.3 is 10.1 Å². The molecule has 1 N–H and O–H groups in total. The Morgan fingerprint density at radius 2 is 2.00 bits per heavy atom. The molecule has 1 aliphatic carbocycles. The maximum atomic E-state index is 14.9. The van der Waals surface area contributed by atoms with E-state index in [-0.39, 0.29) is 24.2 Å². The third kappa shape index (κ3) is 5.18. The third-order valence-electron chi connectivity index (χ3n) is 5.59. The fraction of sp³-hybridized carbons (Fsp3) is 0.520. The maximum Gasteiger partial charge on any atom is 0.336 e. The van der Waals surface area contributed by atoms with Crippen LogP contribution < -0.4 is 5.32 Å². The molecule has 0 bridgehead atoms. The molecule has 0 amide bonds. The summed E-state index contributed by atoms with van der Waals surface area (Å²) < 4.78 is 20.3. The molecule has 0 saturated heterocycles. The highest BCUT2D eigenvalue weighted by atomic mass is 19.1. The fourth-order valence-electron chi connectivity index (χ4n) is 4.22. The lowest BCUT2D eigenvalue weighted by atomic mass is 9.73. The van der Waals surface area contributed by atoms with Gasteiger partial charge in [0.2, 0.25) is 0 Å². The molecule has 0 spiro atoms. The van der Waals surface area contributed by atoms with Crippen molar-refractivity contribution in [2.24, 2.45) is 11.3 Å². The maximum absolute atomic E-state index is 14.9. The summed E-state index contributed by atoms with van der Waals surface area (Å²) in [6, 6.07) is 0. The minimum absolute atomic E-state index is 0.0529. The van der Waals surface area contributed by atoms with Crippen molar-refractivity contribution in [1.82, 2.24) is 5.32 Å². The average molecular weight is 416 g/mol. The number of halogens is 1. The Bertz CT molecular complexity index is 842. The normalized spacial score (nSPS) is 22.3. The monoisotopic (exact) mass is 415 g/mol. The van der Waals surface area contributed by atoms with Gasteiger partial charge in [0.05, 0.1) is 12.2 Å². The SMILES string of the molecule is C=C/C(F)=C(\C=C/CC)C1CC2=C(CC(C)(C)CC2=O)NC(CC)=C1C(=O)OCC. The highest BCUT2D eigenvalue weighted by Crippen LogP contribution is 2.43. The molecule has 1 atom stereocenters. The minimum atomic E-state index is -0.620. The van der Waals surface area contributed by atoms with Crippen molar-refractivity contribution in [2.45, 2.75) is 66.7 Å². The zero-order valence-corrected chi connectivity index (χ0v) is 18.9. The van der Waals surface area contributed by atoms with E-state index in [0.717, 1.165) is 18.2 Å². The summed E-state index contributed by atoms with van der Waals surface area (Å²) in [5.41, 5.74) is 2.77. The quantitative estimate of drug-likeness (QED) is 0.419. The molecule has 0 radical (unpaired) electrons. The van der Waals surface area contributed by atoms with Crippen LogP contribution in [0, 0.1) is 11.3 Å². The lowest BCUT2D eigenvalue weighted by Crippen LogP contribution is -2.30. The number of hydrogen-bond donors (Lipinski definition) is 1. The lowest BCUT2D eigenvalue weighted by molar-refractivity contribution is -0.139. The van der Waals surface area contributed by atoms with E-state index in [0.29, 0.717) is 41.7 Å². The predicted molar refractivity (Wildman–Crippen MR) is 118 cm³/mol. The minimum Gasteiger partial charge on any atom is -0.463 e. The highest BCUT2D eigenvalue weighted by molar-refractivity contribution is 5.99. The van der Waals surface area contributed by atoms with Crippen LogP contribution in [0.5, 0.6) is 0 Å². The Balaban J connectivity index is 2.74. The van der Waals surface area contributed by atoms with Crippen LogP contribution in [0.15, 0.2) is 58.7 Å². The molecule has 0 aromatic carbocycles. The molecule has 164 valence electrons. The number of esters is 1. The van der Waals surface area contributed by atoms with Gasteiger partial charge in [-0.3, -0.25) is 4.79 Å². The lowest BCUT2D eigenvalue weighted by Gasteiger charge is -2.32. The summed E-state index contributed by atoms with van der Waals surface area (Å²) in [6.45, 7) is 13.6. The molecule has 30 heavy (non-hydrogen) atoms. The number of hydrogen-bond acceptors (Lipinski definition) is 4. The summed E-state index contributed by atoms with van der Waals surface area (Å²) in [5.74, 6) is -1.53. The van der Waals surface area contributed by atoms with E-state index in [2.05, 4.69) is 25.7 Å². The summed E-state index contributed by atoms with van der Waals surface area (Å²) >= 11 is 0. The fourth-order valence-corrected chi connectivity index (χ4v) is 4.22. The van der Waals surface area contributed by atoms with E-state index in [4.69, 9.17) is 4.74 Å². The van der Waals surface area contributed by atoms with Gasteiger partial charge in [-0.25, -0.2) is 9.18 Å². The second-order valence-corrected chi connectivity index (χ2v) is 8.56. The molecule has 0 fully saturated rings. The number of rotatable bonds is 7. The Morgan fingerprint density at radius 1 is 1.30 bits per heavy atom. The van der Waals surface area contributed by atoms with Crippen molar-refractivity contribution in [1.29, 1.82) is 0 Å². The molecule has 0 aromatic heterocycles. The first-order valence-corrected chi connectivity index (χ1v) is 10.8. The van der Waals surface area contributed by atoms with Gasteiger partial charge in [0, 0.05) is 29.3 Å². The van der Waals surface area contributed by atoms with E-state index in [1.54, 1.807) is 13.0 Å². The topological polar surface area (TPSA) is 55.4 Å². The number of carbonyl (C=O) groups excluding carboxylic acids is 2. The second-order valence-electron chi connectivity index (χ2n) is 8.56. The van der Waals surface area contributed by atoms with Crippen molar-refractivity contribution in [3.63, 3.8) is 0 Å². The van der Waals surface area contributed by atoms with Crippen LogP contribution in [-0.2, 0) is 14.3 Å². The van der Waals surface area contributed by atoms with Crippen molar-refractivity contribution in [2.75, 3.05) is 6.61 Å². The second kappa shape index (κ2) is 10.1. The molecular formula is C25H34FNO3. The van der Waals surface area contributed by atoms with E-state index in [1.165, 1.54) is 0 Å². The first-order chi connectivity index (χ1) is 14.2. The van der Waals surface area contributed by atoms with Crippen molar-refractivity contribution in [3.8, 4) is 0 Å². The van der Waals surface area contributed by atoms with Gasteiger partial charge in [0.1, 0.15) is 5.83 Å².